The van der Waals surface area contributed by atoms with Crippen molar-refractivity contribution in [1.82, 2.24) is 10.2 Å². The van der Waals surface area contributed by atoms with Crippen LogP contribution in [0.5, 0.6) is 0 Å². The summed E-state index contributed by atoms with van der Waals surface area (Å²) in [7, 11) is 3.99. The Morgan fingerprint density at radius 1 is 1.29 bits per heavy atom. The Bertz CT molecular complexity index is 386. The van der Waals surface area contributed by atoms with Gasteiger partial charge in [0.25, 0.3) is 0 Å². The summed E-state index contributed by atoms with van der Waals surface area (Å²) in [5.74, 6) is 0.0977. The number of benzene rings is 1. The van der Waals surface area contributed by atoms with E-state index in [1.807, 2.05) is 27.9 Å². The molecular weight excluding hydrogens is 212 g/mol. The first kappa shape index (κ1) is 13.7. The van der Waals surface area contributed by atoms with Crippen molar-refractivity contribution < 1.29 is 4.79 Å². The van der Waals surface area contributed by atoms with Gasteiger partial charge in [-0.1, -0.05) is 23.8 Å². The molecule has 0 saturated heterocycles. The lowest BCUT2D eigenvalue weighted by molar-refractivity contribution is -0.120. The quantitative estimate of drug-likeness (QED) is 0.838. The molecule has 0 saturated carbocycles. The van der Waals surface area contributed by atoms with Crippen molar-refractivity contribution in [3.8, 4) is 0 Å². The number of likely N-dealkylation sites (N-methyl/N-ethyl adjacent to an activating group) is 1. The standard InChI is InChI=1S/C14H22N2O/c1-11-5-6-12(2)13(9-11)10-14(17)15-7-8-16(3)4/h5-6,9H,7-8,10H2,1-4H3,(H,15,17). The lowest BCUT2D eigenvalue weighted by Crippen LogP contribution is -2.32. The number of hydrogen-bond acceptors (Lipinski definition) is 2. The van der Waals surface area contributed by atoms with E-state index in [1.165, 1.54) is 11.1 Å². The van der Waals surface area contributed by atoms with E-state index in [-0.39, 0.29) is 5.91 Å². The highest BCUT2D eigenvalue weighted by Gasteiger charge is 2.05. The average molecular weight is 234 g/mol. The van der Waals surface area contributed by atoms with Crippen LogP contribution in [-0.4, -0.2) is 38.0 Å². The summed E-state index contributed by atoms with van der Waals surface area (Å²) in [6.45, 7) is 5.67. The zero-order valence-electron chi connectivity index (χ0n) is 11.2. The first-order valence-corrected chi connectivity index (χ1v) is 5.96. The highest BCUT2D eigenvalue weighted by molar-refractivity contribution is 5.78. The largest absolute Gasteiger partial charge is 0.355 e. The summed E-state index contributed by atoms with van der Waals surface area (Å²) in [5, 5.41) is 2.93. The molecule has 0 radical (unpaired) electrons. The van der Waals surface area contributed by atoms with E-state index in [1.54, 1.807) is 0 Å². The van der Waals surface area contributed by atoms with Crippen LogP contribution in [0.4, 0.5) is 0 Å². The molecular formula is C14H22N2O. The molecule has 94 valence electrons. The number of aryl methyl sites for hydroxylation is 2. The second kappa shape index (κ2) is 6.40. The van der Waals surface area contributed by atoms with Gasteiger partial charge in [0.05, 0.1) is 6.42 Å². The Balaban J connectivity index is 2.47. The molecule has 1 aromatic rings. The second-order valence-corrected chi connectivity index (χ2v) is 4.76. The maximum Gasteiger partial charge on any atom is 0.224 e. The van der Waals surface area contributed by atoms with Crippen LogP contribution in [0.1, 0.15) is 16.7 Å². The Labute approximate surface area is 104 Å². The van der Waals surface area contributed by atoms with Gasteiger partial charge in [-0.2, -0.15) is 0 Å². The molecule has 3 nitrogen and oxygen atoms in total. The van der Waals surface area contributed by atoms with E-state index in [4.69, 9.17) is 0 Å². The van der Waals surface area contributed by atoms with Crippen LogP contribution in [0.25, 0.3) is 0 Å². The monoisotopic (exact) mass is 234 g/mol. The maximum atomic E-state index is 11.7. The molecule has 1 N–H and O–H groups in total. The summed E-state index contributed by atoms with van der Waals surface area (Å²) < 4.78 is 0. The first-order chi connectivity index (χ1) is 7.99. The van der Waals surface area contributed by atoms with Gasteiger partial charge in [0.1, 0.15) is 0 Å². The Morgan fingerprint density at radius 2 is 2.00 bits per heavy atom. The molecule has 0 aliphatic rings. The molecule has 0 heterocycles. The van der Waals surface area contributed by atoms with Crippen LogP contribution >= 0.6 is 0 Å². The van der Waals surface area contributed by atoms with Crippen molar-refractivity contribution in [3.63, 3.8) is 0 Å². The third-order valence-corrected chi connectivity index (χ3v) is 2.74. The minimum Gasteiger partial charge on any atom is -0.355 e. The highest BCUT2D eigenvalue weighted by atomic mass is 16.1. The van der Waals surface area contributed by atoms with Crippen LogP contribution in [0.15, 0.2) is 18.2 Å². The second-order valence-electron chi connectivity index (χ2n) is 4.76. The van der Waals surface area contributed by atoms with Gasteiger partial charge in [-0.25, -0.2) is 0 Å². The summed E-state index contributed by atoms with van der Waals surface area (Å²) in [5.41, 5.74) is 3.50. The van der Waals surface area contributed by atoms with E-state index < -0.39 is 0 Å². The fraction of sp³-hybridized carbons (Fsp3) is 0.500. The van der Waals surface area contributed by atoms with Gasteiger partial charge in [-0.05, 0) is 39.1 Å². The van der Waals surface area contributed by atoms with Crippen molar-refractivity contribution in [2.45, 2.75) is 20.3 Å². The predicted octanol–water partition coefficient (Wildman–Crippen LogP) is 1.52. The maximum absolute atomic E-state index is 11.7. The SMILES string of the molecule is Cc1ccc(C)c(CC(=O)NCCN(C)C)c1. The van der Waals surface area contributed by atoms with Crippen molar-refractivity contribution in [2.75, 3.05) is 27.2 Å². The van der Waals surface area contributed by atoms with E-state index >= 15 is 0 Å². The van der Waals surface area contributed by atoms with E-state index in [9.17, 15) is 4.79 Å². The molecule has 0 spiro atoms. The summed E-state index contributed by atoms with van der Waals surface area (Å²) in [4.78, 5) is 13.8. The Morgan fingerprint density at radius 3 is 2.65 bits per heavy atom. The number of nitrogens with zero attached hydrogens (tertiary/aromatic N) is 1. The number of rotatable bonds is 5. The van der Waals surface area contributed by atoms with Crippen molar-refractivity contribution >= 4 is 5.91 Å². The normalized spacial score (nSPS) is 10.6. The van der Waals surface area contributed by atoms with Crippen molar-refractivity contribution in [2.24, 2.45) is 0 Å². The van der Waals surface area contributed by atoms with Crippen LogP contribution in [0.2, 0.25) is 0 Å². The van der Waals surface area contributed by atoms with E-state index in [2.05, 4.69) is 28.4 Å². The van der Waals surface area contributed by atoms with Crippen LogP contribution in [0, 0.1) is 13.8 Å². The number of carbonyl (C=O) groups excluding carboxylic acids is 1. The molecule has 0 aliphatic heterocycles. The first-order valence-electron chi connectivity index (χ1n) is 5.96. The fourth-order valence-electron chi connectivity index (χ4n) is 1.65. The zero-order valence-corrected chi connectivity index (χ0v) is 11.2. The van der Waals surface area contributed by atoms with E-state index in [0.717, 1.165) is 12.1 Å². The van der Waals surface area contributed by atoms with Crippen LogP contribution < -0.4 is 5.32 Å². The third kappa shape index (κ3) is 5.00. The lowest BCUT2D eigenvalue weighted by atomic mass is 10.0. The predicted molar refractivity (Wildman–Crippen MR) is 71.2 cm³/mol. The summed E-state index contributed by atoms with van der Waals surface area (Å²) in [6.07, 6.45) is 0.473. The lowest BCUT2D eigenvalue weighted by Gasteiger charge is -2.11. The zero-order chi connectivity index (χ0) is 12.8. The van der Waals surface area contributed by atoms with Crippen LogP contribution in [-0.2, 0) is 11.2 Å². The molecule has 3 heteroatoms. The fourth-order valence-corrected chi connectivity index (χ4v) is 1.65. The molecule has 1 aromatic carbocycles. The van der Waals surface area contributed by atoms with Gasteiger partial charge >= 0.3 is 0 Å². The third-order valence-electron chi connectivity index (χ3n) is 2.74. The molecule has 0 unspecified atom stereocenters. The Kier molecular flexibility index (Phi) is 5.16. The molecule has 17 heavy (non-hydrogen) atoms. The van der Waals surface area contributed by atoms with E-state index in [0.29, 0.717) is 13.0 Å². The minimum absolute atomic E-state index is 0.0977. The molecule has 0 aromatic heterocycles. The molecule has 0 atom stereocenters. The summed E-state index contributed by atoms with van der Waals surface area (Å²) in [6, 6.07) is 6.22. The number of hydrogen-bond donors (Lipinski definition) is 1. The molecule has 0 fully saturated rings. The van der Waals surface area contributed by atoms with Crippen molar-refractivity contribution in [3.05, 3.63) is 34.9 Å². The number of amides is 1. The average Bonchev–Trinajstić information content (AvgIpc) is 2.23. The van der Waals surface area contributed by atoms with Crippen molar-refractivity contribution in [1.29, 1.82) is 0 Å². The smallest absolute Gasteiger partial charge is 0.224 e. The van der Waals surface area contributed by atoms with Gasteiger partial charge in [-0.15, -0.1) is 0 Å². The van der Waals surface area contributed by atoms with Gasteiger partial charge in [0.15, 0.2) is 0 Å². The van der Waals surface area contributed by atoms with Gasteiger partial charge in [-0.3, -0.25) is 4.79 Å². The minimum atomic E-state index is 0.0977. The topological polar surface area (TPSA) is 32.3 Å². The molecule has 0 bridgehead atoms. The molecule has 1 amide bonds. The summed E-state index contributed by atoms with van der Waals surface area (Å²) >= 11 is 0. The molecule has 1 rings (SSSR count). The molecule has 0 aliphatic carbocycles. The van der Waals surface area contributed by atoms with Gasteiger partial charge in [0, 0.05) is 13.1 Å². The number of nitrogens with one attached hydrogen (secondary N) is 1. The Hall–Kier alpha value is -1.35. The van der Waals surface area contributed by atoms with Gasteiger partial charge < -0.3 is 10.2 Å². The van der Waals surface area contributed by atoms with Gasteiger partial charge in [0.2, 0.25) is 5.91 Å². The highest BCUT2D eigenvalue weighted by Crippen LogP contribution is 2.11. The number of carbonyl (C=O) groups is 1. The van der Waals surface area contributed by atoms with Crippen LogP contribution in [0.3, 0.4) is 0 Å².